The maximum Gasteiger partial charge on any atom is 0.284 e. The van der Waals surface area contributed by atoms with E-state index < -0.39 is 23.3 Å². The summed E-state index contributed by atoms with van der Waals surface area (Å²) in [4.78, 5) is 41.0. The number of hydrogen-bond donors (Lipinski definition) is 0. The second-order valence-electron chi connectivity index (χ2n) is 9.05. The molecule has 4 aliphatic rings. The molecular formula is C27H22N2O5. The summed E-state index contributed by atoms with van der Waals surface area (Å²) in [5, 5.41) is 12.9. The van der Waals surface area contributed by atoms with Crippen LogP contribution in [0.15, 0.2) is 78.9 Å². The molecule has 34 heavy (non-hydrogen) atoms. The van der Waals surface area contributed by atoms with Crippen LogP contribution >= 0.6 is 0 Å². The summed E-state index contributed by atoms with van der Waals surface area (Å²) in [7, 11) is 0. The smallest absolute Gasteiger partial charge is 0.284 e. The summed E-state index contributed by atoms with van der Waals surface area (Å²) < 4.78 is 5.72. The summed E-state index contributed by atoms with van der Waals surface area (Å²) in [6.07, 6.45) is 0. The van der Waals surface area contributed by atoms with Gasteiger partial charge in [0, 0.05) is 22.0 Å². The van der Waals surface area contributed by atoms with E-state index in [9.17, 15) is 19.7 Å². The van der Waals surface area contributed by atoms with Crippen LogP contribution in [0.25, 0.3) is 0 Å². The van der Waals surface area contributed by atoms with Crippen molar-refractivity contribution in [2.75, 3.05) is 13.2 Å². The second kappa shape index (κ2) is 7.60. The molecule has 3 aromatic rings. The number of amides is 2. The number of nitrogens with zero attached hydrogens (tertiary/aromatic N) is 2. The molecular weight excluding hydrogens is 432 g/mol. The van der Waals surface area contributed by atoms with Crippen LogP contribution in [0.3, 0.4) is 0 Å². The van der Waals surface area contributed by atoms with Crippen molar-refractivity contribution in [1.29, 1.82) is 0 Å². The highest BCUT2D eigenvalue weighted by atomic mass is 16.6. The Labute approximate surface area is 196 Å². The molecule has 2 atom stereocenters. The van der Waals surface area contributed by atoms with Gasteiger partial charge in [0.05, 0.1) is 25.7 Å². The van der Waals surface area contributed by atoms with Crippen LogP contribution in [0.4, 0.5) is 0 Å². The Hall–Kier alpha value is -3.84. The van der Waals surface area contributed by atoms with Gasteiger partial charge in [-0.3, -0.25) is 24.6 Å². The summed E-state index contributed by atoms with van der Waals surface area (Å²) in [6, 6.07) is 24.0. The number of hydrogen-bond acceptors (Lipinski definition) is 5. The minimum absolute atomic E-state index is 0.0741. The third-order valence-electron chi connectivity index (χ3n) is 7.52. The highest BCUT2D eigenvalue weighted by Crippen LogP contribution is 2.64. The summed E-state index contributed by atoms with van der Waals surface area (Å²) in [5.74, 6) is -3.08. The third kappa shape index (κ3) is 2.61. The van der Waals surface area contributed by atoms with Crippen molar-refractivity contribution < 1.29 is 19.2 Å². The first kappa shape index (κ1) is 20.7. The largest absolute Gasteiger partial charge is 0.375 e. The zero-order chi connectivity index (χ0) is 23.4. The Kier molecular flexibility index (Phi) is 4.64. The van der Waals surface area contributed by atoms with E-state index in [1.54, 1.807) is 24.3 Å². The number of likely N-dealkylation sites (tertiary alicyclic amines) is 1. The fourth-order valence-electron chi connectivity index (χ4n) is 6.24. The number of carbonyl (C=O) groups excluding carboxylic acids is 2. The molecule has 0 radical (unpaired) electrons. The van der Waals surface area contributed by atoms with E-state index in [1.807, 2.05) is 54.6 Å². The average molecular weight is 454 g/mol. The molecule has 3 aliphatic carbocycles. The molecule has 0 aromatic heterocycles. The lowest BCUT2D eigenvalue weighted by molar-refractivity contribution is -0.578. The standard InChI is InChI=1S/C27H22N2O5/c30-25-23-22-18-10-4-6-12-20(18)27(29(32)33,21-13-7-5-11-19(21)22)24(23)26(31)28(25)14-15-34-16-17-8-2-1-3-9-17/h1-13,22-24H,14-16H2/t22?,23-,24-,27?/m0/s1. The Morgan fingerprint density at radius 1 is 0.853 bits per heavy atom. The number of imide groups is 1. The lowest BCUT2D eigenvalue weighted by Crippen LogP contribution is -2.57. The van der Waals surface area contributed by atoms with Crippen LogP contribution in [0.5, 0.6) is 0 Å². The molecule has 7 nitrogen and oxygen atoms in total. The quantitative estimate of drug-likeness (QED) is 0.246. The number of rotatable bonds is 6. The molecule has 0 saturated carbocycles. The van der Waals surface area contributed by atoms with Crippen LogP contribution in [0.1, 0.15) is 33.7 Å². The van der Waals surface area contributed by atoms with Crippen molar-refractivity contribution in [2.24, 2.45) is 11.8 Å². The number of benzene rings is 3. The van der Waals surface area contributed by atoms with E-state index in [2.05, 4.69) is 0 Å². The molecule has 0 unspecified atom stereocenters. The first-order valence-electron chi connectivity index (χ1n) is 11.4. The van der Waals surface area contributed by atoms with Crippen molar-refractivity contribution in [3.8, 4) is 0 Å². The van der Waals surface area contributed by atoms with Gasteiger partial charge in [0.15, 0.2) is 0 Å². The molecule has 1 heterocycles. The number of nitro groups is 1. The summed E-state index contributed by atoms with van der Waals surface area (Å²) in [6.45, 7) is 0.606. The molecule has 1 fully saturated rings. The SMILES string of the molecule is O=C1[C@@H]2[C@@H](C(=O)N1CCOCc1ccccc1)C1c3ccccc3C2([N+](=O)[O-])c2ccccc21. The maximum atomic E-state index is 13.7. The average Bonchev–Trinajstić information content (AvgIpc) is 3.12. The van der Waals surface area contributed by atoms with E-state index in [-0.39, 0.29) is 29.9 Å². The van der Waals surface area contributed by atoms with Gasteiger partial charge in [-0.25, -0.2) is 0 Å². The number of carbonyl (C=O) groups is 2. The normalized spacial score (nSPS) is 26.2. The molecule has 7 heteroatoms. The third-order valence-corrected chi connectivity index (χ3v) is 7.52. The van der Waals surface area contributed by atoms with Crippen molar-refractivity contribution in [2.45, 2.75) is 18.1 Å². The van der Waals surface area contributed by atoms with Crippen molar-refractivity contribution in [3.63, 3.8) is 0 Å². The van der Waals surface area contributed by atoms with Gasteiger partial charge in [-0.15, -0.1) is 0 Å². The van der Waals surface area contributed by atoms with Gasteiger partial charge in [-0.1, -0.05) is 78.9 Å². The Bertz CT molecular complexity index is 1270. The van der Waals surface area contributed by atoms with Gasteiger partial charge in [0.1, 0.15) is 5.92 Å². The zero-order valence-corrected chi connectivity index (χ0v) is 18.3. The van der Waals surface area contributed by atoms with Crippen LogP contribution < -0.4 is 0 Å². The Balaban J connectivity index is 1.38. The van der Waals surface area contributed by atoms with Gasteiger partial charge in [-0.2, -0.15) is 0 Å². The lowest BCUT2D eigenvalue weighted by Gasteiger charge is -2.48. The van der Waals surface area contributed by atoms with Crippen molar-refractivity contribution in [3.05, 3.63) is 117 Å². The fraction of sp³-hybridized carbons (Fsp3) is 0.259. The van der Waals surface area contributed by atoms with Crippen molar-refractivity contribution in [1.82, 2.24) is 4.90 Å². The van der Waals surface area contributed by atoms with E-state index in [1.165, 1.54) is 4.90 Å². The fourth-order valence-corrected chi connectivity index (χ4v) is 6.24. The van der Waals surface area contributed by atoms with Crippen LogP contribution in [-0.2, 0) is 26.5 Å². The van der Waals surface area contributed by atoms with Crippen molar-refractivity contribution >= 4 is 11.8 Å². The molecule has 1 aliphatic heterocycles. The van der Waals surface area contributed by atoms with E-state index in [4.69, 9.17) is 4.74 Å². The van der Waals surface area contributed by atoms with Crippen LogP contribution in [0.2, 0.25) is 0 Å². The first-order chi connectivity index (χ1) is 16.6. The maximum absolute atomic E-state index is 13.7. The molecule has 0 spiro atoms. The summed E-state index contributed by atoms with van der Waals surface area (Å²) in [5.41, 5.74) is 1.79. The minimum Gasteiger partial charge on any atom is -0.375 e. The van der Waals surface area contributed by atoms with Gasteiger partial charge in [0.2, 0.25) is 11.8 Å². The van der Waals surface area contributed by atoms with Crippen LogP contribution in [-0.4, -0.2) is 34.8 Å². The minimum atomic E-state index is -1.78. The van der Waals surface area contributed by atoms with Gasteiger partial charge >= 0.3 is 0 Å². The second-order valence-corrected chi connectivity index (χ2v) is 9.05. The molecule has 2 amide bonds. The predicted molar refractivity (Wildman–Crippen MR) is 122 cm³/mol. The molecule has 7 rings (SSSR count). The van der Waals surface area contributed by atoms with Gasteiger partial charge in [0.25, 0.3) is 5.54 Å². The first-order valence-corrected chi connectivity index (χ1v) is 11.4. The van der Waals surface area contributed by atoms with Crippen LogP contribution in [0, 0.1) is 22.0 Å². The Morgan fingerprint density at radius 3 is 2.06 bits per heavy atom. The van der Waals surface area contributed by atoms with E-state index in [0.29, 0.717) is 17.7 Å². The predicted octanol–water partition coefficient (Wildman–Crippen LogP) is 3.48. The lowest BCUT2D eigenvalue weighted by atomic mass is 9.51. The number of ether oxygens (including phenoxy) is 1. The van der Waals surface area contributed by atoms with E-state index in [0.717, 1.165) is 16.7 Å². The monoisotopic (exact) mass is 454 g/mol. The zero-order valence-electron chi connectivity index (χ0n) is 18.3. The highest BCUT2D eigenvalue weighted by Gasteiger charge is 2.74. The van der Waals surface area contributed by atoms with E-state index >= 15 is 0 Å². The Morgan fingerprint density at radius 2 is 1.44 bits per heavy atom. The van der Waals surface area contributed by atoms with Gasteiger partial charge in [-0.05, 0) is 16.7 Å². The molecule has 0 N–H and O–H groups in total. The molecule has 3 aromatic carbocycles. The highest BCUT2D eigenvalue weighted by molar-refractivity contribution is 6.08. The summed E-state index contributed by atoms with van der Waals surface area (Å²) >= 11 is 0. The molecule has 2 bridgehead atoms. The topological polar surface area (TPSA) is 89.8 Å². The molecule has 1 saturated heterocycles. The van der Waals surface area contributed by atoms with Gasteiger partial charge < -0.3 is 4.74 Å². The molecule has 170 valence electrons.